The minimum Gasteiger partial charge on any atom is -0.508 e. The van der Waals surface area contributed by atoms with E-state index >= 15 is 0 Å². The number of phenolic OH excluding ortho intramolecular Hbond substituents is 1. The average molecular weight is 309 g/mol. The molecule has 3 N–H and O–H groups in total. The Labute approximate surface area is 125 Å². The molecule has 2 aromatic rings. The van der Waals surface area contributed by atoms with Crippen molar-refractivity contribution in [3.05, 3.63) is 29.6 Å². The van der Waals surface area contributed by atoms with Crippen LogP contribution >= 0.6 is 11.5 Å². The van der Waals surface area contributed by atoms with Gasteiger partial charge in [-0.25, -0.2) is 4.98 Å². The van der Waals surface area contributed by atoms with Crippen molar-refractivity contribution in [2.24, 2.45) is 0 Å². The van der Waals surface area contributed by atoms with Gasteiger partial charge < -0.3 is 14.9 Å². The lowest BCUT2D eigenvalue weighted by molar-refractivity contribution is 0.102. The lowest BCUT2D eigenvalue weighted by Gasteiger charge is -2.10. The molecule has 0 fully saturated rings. The molecule has 1 atom stereocenters. The maximum Gasteiger partial charge on any atom is 0.257 e. The highest BCUT2D eigenvalue weighted by Gasteiger charge is 2.12. The van der Waals surface area contributed by atoms with Gasteiger partial charge in [-0.1, -0.05) is 0 Å². The van der Waals surface area contributed by atoms with E-state index in [0.29, 0.717) is 16.7 Å². The first-order valence-electron chi connectivity index (χ1n) is 6.20. The Bertz CT molecular complexity index is 642. The Balaban J connectivity index is 2.12. The van der Waals surface area contributed by atoms with Gasteiger partial charge in [0.15, 0.2) is 0 Å². The minimum atomic E-state index is -0.644. The molecule has 0 spiro atoms. The Morgan fingerprint density at radius 1 is 1.48 bits per heavy atom. The van der Waals surface area contributed by atoms with Crippen LogP contribution in [0.3, 0.4) is 0 Å². The van der Waals surface area contributed by atoms with E-state index in [9.17, 15) is 15.0 Å². The first-order chi connectivity index (χ1) is 9.94. The molecule has 0 saturated carbocycles. The topological polar surface area (TPSA) is 105 Å². The summed E-state index contributed by atoms with van der Waals surface area (Å²) in [5.41, 5.74) is 0.225. The van der Waals surface area contributed by atoms with Crippen LogP contribution in [-0.2, 0) is 0 Å². The second-order valence-electron chi connectivity index (χ2n) is 4.48. The van der Waals surface area contributed by atoms with E-state index in [-0.39, 0.29) is 17.9 Å². The summed E-state index contributed by atoms with van der Waals surface area (Å²) in [6.45, 7) is 3.37. The number of aliphatic hydroxyl groups is 1. The normalized spacial score (nSPS) is 12.0. The van der Waals surface area contributed by atoms with Crippen LogP contribution in [0, 0.1) is 6.92 Å². The van der Waals surface area contributed by atoms with Crippen LogP contribution < -0.4 is 10.1 Å². The van der Waals surface area contributed by atoms with Crippen LogP contribution in [-0.4, -0.2) is 38.2 Å². The maximum atomic E-state index is 12.1. The van der Waals surface area contributed by atoms with Crippen molar-refractivity contribution < 1.29 is 19.7 Å². The van der Waals surface area contributed by atoms with Gasteiger partial charge in [0.05, 0.1) is 6.10 Å². The monoisotopic (exact) mass is 309 g/mol. The molecule has 1 aromatic carbocycles. The molecule has 21 heavy (non-hydrogen) atoms. The smallest absolute Gasteiger partial charge is 0.257 e. The second-order valence-corrected chi connectivity index (χ2v) is 5.23. The predicted octanol–water partition coefficient (Wildman–Crippen LogP) is 1.56. The number of ether oxygens (including phenoxy) is 1. The SMILES string of the molecule is Cc1nsc(NC(=O)c2cc(O)cc(OCC(C)O)c2)n1. The van der Waals surface area contributed by atoms with Gasteiger partial charge in [-0.2, -0.15) is 4.37 Å². The molecule has 0 aliphatic rings. The van der Waals surface area contributed by atoms with Gasteiger partial charge in [0, 0.05) is 23.2 Å². The highest BCUT2D eigenvalue weighted by molar-refractivity contribution is 7.09. The summed E-state index contributed by atoms with van der Waals surface area (Å²) < 4.78 is 9.24. The van der Waals surface area contributed by atoms with Crippen LogP contribution in [0.2, 0.25) is 0 Å². The van der Waals surface area contributed by atoms with Crippen molar-refractivity contribution in [3.63, 3.8) is 0 Å². The molecular formula is C13H15N3O4S. The summed E-state index contributed by atoms with van der Waals surface area (Å²) in [7, 11) is 0. The van der Waals surface area contributed by atoms with E-state index in [4.69, 9.17) is 4.74 Å². The summed E-state index contributed by atoms with van der Waals surface area (Å²) in [5.74, 6) is 0.349. The molecular weight excluding hydrogens is 294 g/mol. The average Bonchev–Trinajstić information content (AvgIpc) is 2.81. The van der Waals surface area contributed by atoms with Crippen LogP contribution in [0.15, 0.2) is 18.2 Å². The number of hydrogen-bond donors (Lipinski definition) is 3. The van der Waals surface area contributed by atoms with Crippen LogP contribution in [0.4, 0.5) is 5.13 Å². The van der Waals surface area contributed by atoms with E-state index in [2.05, 4.69) is 14.7 Å². The minimum absolute atomic E-state index is 0.0696. The van der Waals surface area contributed by atoms with Gasteiger partial charge in [0.25, 0.3) is 5.91 Å². The molecule has 0 aliphatic heterocycles. The number of aryl methyl sites for hydroxylation is 1. The molecule has 0 saturated heterocycles. The number of nitrogens with one attached hydrogen (secondary N) is 1. The molecule has 1 aromatic heterocycles. The second kappa shape index (κ2) is 6.51. The van der Waals surface area contributed by atoms with Crippen molar-refractivity contribution >= 4 is 22.6 Å². The quantitative estimate of drug-likeness (QED) is 0.774. The Morgan fingerprint density at radius 2 is 2.24 bits per heavy atom. The van der Waals surface area contributed by atoms with Gasteiger partial charge in [0.1, 0.15) is 23.9 Å². The lowest BCUT2D eigenvalue weighted by Crippen LogP contribution is -2.14. The van der Waals surface area contributed by atoms with E-state index in [1.165, 1.54) is 18.2 Å². The summed E-state index contributed by atoms with van der Waals surface area (Å²) >= 11 is 1.08. The molecule has 1 heterocycles. The number of aliphatic hydroxyl groups excluding tert-OH is 1. The molecule has 0 bridgehead atoms. The molecule has 1 unspecified atom stereocenters. The maximum absolute atomic E-state index is 12.1. The van der Waals surface area contributed by atoms with E-state index < -0.39 is 12.0 Å². The fraction of sp³-hybridized carbons (Fsp3) is 0.308. The third-order valence-corrected chi connectivity index (χ3v) is 3.11. The predicted molar refractivity (Wildman–Crippen MR) is 77.9 cm³/mol. The summed E-state index contributed by atoms with van der Waals surface area (Å²) in [6.07, 6.45) is -0.644. The fourth-order valence-electron chi connectivity index (χ4n) is 1.53. The Morgan fingerprint density at radius 3 is 2.86 bits per heavy atom. The molecule has 0 aliphatic carbocycles. The highest BCUT2D eigenvalue weighted by Crippen LogP contribution is 2.23. The Hall–Kier alpha value is -2.19. The zero-order valence-corrected chi connectivity index (χ0v) is 12.3. The molecule has 8 heteroatoms. The van der Waals surface area contributed by atoms with Crippen LogP contribution in [0.5, 0.6) is 11.5 Å². The number of aromatic nitrogens is 2. The van der Waals surface area contributed by atoms with Crippen molar-refractivity contribution in [2.75, 3.05) is 11.9 Å². The molecule has 0 radical (unpaired) electrons. The summed E-state index contributed by atoms with van der Waals surface area (Å²) in [4.78, 5) is 16.1. The van der Waals surface area contributed by atoms with E-state index in [0.717, 1.165) is 11.5 Å². The number of rotatable bonds is 5. The van der Waals surface area contributed by atoms with Gasteiger partial charge in [-0.05, 0) is 26.0 Å². The first kappa shape index (κ1) is 15.2. The first-order valence-corrected chi connectivity index (χ1v) is 6.98. The number of benzene rings is 1. The zero-order chi connectivity index (χ0) is 15.4. The molecule has 7 nitrogen and oxygen atoms in total. The van der Waals surface area contributed by atoms with Gasteiger partial charge in [-0.3, -0.25) is 10.1 Å². The lowest BCUT2D eigenvalue weighted by atomic mass is 10.2. The number of aromatic hydroxyl groups is 1. The highest BCUT2D eigenvalue weighted by atomic mass is 32.1. The molecule has 1 amide bonds. The summed E-state index contributed by atoms with van der Waals surface area (Å²) in [6, 6.07) is 4.16. The number of phenols is 1. The largest absolute Gasteiger partial charge is 0.508 e. The van der Waals surface area contributed by atoms with E-state index in [1.807, 2.05) is 0 Å². The van der Waals surface area contributed by atoms with Gasteiger partial charge in [-0.15, -0.1) is 0 Å². The van der Waals surface area contributed by atoms with Gasteiger partial charge >= 0.3 is 0 Å². The molecule has 112 valence electrons. The van der Waals surface area contributed by atoms with Crippen LogP contribution in [0.1, 0.15) is 23.1 Å². The van der Waals surface area contributed by atoms with E-state index in [1.54, 1.807) is 13.8 Å². The van der Waals surface area contributed by atoms with Crippen molar-refractivity contribution in [2.45, 2.75) is 20.0 Å². The number of carbonyl (C=O) groups is 1. The summed E-state index contributed by atoms with van der Waals surface area (Å²) in [5, 5.41) is 21.8. The van der Waals surface area contributed by atoms with Crippen molar-refractivity contribution in [1.29, 1.82) is 0 Å². The number of amides is 1. The number of hydrogen-bond acceptors (Lipinski definition) is 7. The van der Waals surface area contributed by atoms with Crippen LogP contribution in [0.25, 0.3) is 0 Å². The number of nitrogens with zero attached hydrogens (tertiary/aromatic N) is 2. The third kappa shape index (κ3) is 4.40. The number of anilines is 1. The fourth-order valence-corrected chi connectivity index (χ4v) is 2.10. The van der Waals surface area contributed by atoms with Crippen molar-refractivity contribution in [3.8, 4) is 11.5 Å². The third-order valence-electron chi connectivity index (χ3n) is 2.39. The Kier molecular flexibility index (Phi) is 4.71. The van der Waals surface area contributed by atoms with Gasteiger partial charge in [0.2, 0.25) is 5.13 Å². The zero-order valence-electron chi connectivity index (χ0n) is 11.5. The van der Waals surface area contributed by atoms with Crippen molar-refractivity contribution in [1.82, 2.24) is 9.36 Å². The standard InChI is InChI=1S/C13H15N3O4S/c1-7(17)6-20-11-4-9(3-10(18)5-11)12(19)15-13-14-8(2)16-21-13/h3-5,7,17-18H,6H2,1-2H3,(H,14,15,16,19). The number of carbonyl (C=O) groups excluding carboxylic acids is 1. The molecule has 2 rings (SSSR count).